The lowest BCUT2D eigenvalue weighted by atomic mass is 9.92. The number of benzene rings is 1. The Morgan fingerprint density at radius 3 is 2.39 bits per heavy atom. The number of aliphatic carboxylic acids is 1. The van der Waals surface area contributed by atoms with E-state index in [0.29, 0.717) is 12.8 Å². The first kappa shape index (κ1) is 17.6. The minimum Gasteiger partial charge on any atom is -0.480 e. The van der Waals surface area contributed by atoms with Gasteiger partial charge in [0.15, 0.2) is 0 Å². The Morgan fingerprint density at radius 2 is 1.96 bits per heavy atom. The first-order valence-electron chi connectivity index (χ1n) is 7.00. The molecule has 1 amide bonds. The molecule has 0 heterocycles. The number of carboxylic acid groups (broad SMARTS) is 1. The molecule has 23 heavy (non-hydrogen) atoms. The molecule has 0 saturated heterocycles. The van der Waals surface area contributed by atoms with Gasteiger partial charge in [0.25, 0.3) is 0 Å². The van der Waals surface area contributed by atoms with Crippen molar-refractivity contribution in [3.8, 4) is 0 Å². The maximum absolute atomic E-state index is 12.9. The summed E-state index contributed by atoms with van der Waals surface area (Å²) in [7, 11) is 0. The molecule has 1 N–H and O–H groups in total. The SMILES string of the molecule is CCN(CC(=O)O)C(=O)C1(c2cc(C(F)(F)F)ccc2Cl)CC1. The highest BCUT2D eigenvalue weighted by Gasteiger charge is 2.54. The standard InChI is InChI=1S/C15H15ClF3NO3/c1-2-20(8-12(21)22)13(23)14(5-6-14)10-7-9(15(17,18)19)3-4-11(10)16/h3-4,7H,2,5-6,8H2,1H3,(H,21,22). The Bertz CT molecular complexity index is 641. The maximum atomic E-state index is 12.9. The van der Waals surface area contributed by atoms with Gasteiger partial charge in [-0.05, 0) is 43.5 Å². The van der Waals surface area contributed by atoms with Crippen molar-refractivity contribution in [2.45, 2.75) is 31.4 Å². The minimum absolute atomic E-state index is 0.0789. The lowest BCUT2D eigenvalue weighted by Gasteiger charge is -2.26. The fourth-order valence-corrected chi connectivity index (χ4v) is 2.88. The molecule has 126 valence electrons. The molecule has 0 unspecified atom stereocenters. The molecule has 0 spiro atoms. The topological polar surface area (TPSA) is 57.6 Å². The number of carbonyl (C=O) groups is 2. The van der Waals surface area contributed by atoms with E-state index in [-0.39, 0.29) is 17.1 Å². The number of hydrogen-bond acceptors (Lipinski definition) is 2. The molecule has 0 radical (unpaired) electrons. The van der Waals surface area contributed by atoms with Crippen molar-refractivity contribution in [3.05, 3.63) is 34.3 Å². The second-order valence-electron chi connectivity index (χ2n) is 5.49. The highest BCUT2D eigenvalue weighted by molar-refractivity contribution is 6.32. The average molecular weight is 350 g/mol. The van der Waals surface area contributed by atoms with Gasteiger partial charge in [0.1, 0.15) is 6.54 Å². The van der Waals surface area contributed by atoms with Gasteiger partial charge in [0.05, 0.1) is 11.0 Å². The fourth-order valence-electron chi connectivity index (χ4n) is 2.58. The zero-order valence-electron chi connectivity index (χ0n) is 12.3. The molecule has 0 atom stereocenters. The van der Waals surface area contributed by atoms with E-state index in [1.165, 1.54) is 0 Å². The van der Waals surface area contributed by atoms with Gasteiger partial charge < -0.3 is 10.0 Å². The summed E-state index contributed by atoms with van der Waals surface area (Å²) in [5.74, 6) is -1.67. The third-order valence-electron chi connectivity index (χ3n) is 3.96. The van der Waals surface area contributed by atoms with Crippen LogP contribution in [0.5, 0.6) is 0 Å². The van der Waals surface area contributed by atoms with Gasteiger partial charge in [-0.3, -0.25) is 9.59 Å². The van der Waals surface area contributed by atoms with Crippen molar-refractivity contribution >= 4 is 23.5 Å². The Balaban J connectivity index is 2.40. The largest absolute Gasteiger partial charge is 0.480 e. The van der Waals surface area contributed by atoms with E-state index in [1.807, 2.05) is 0 Å². The zero-order valence-corrected chi connectivity index (χ0v) is 13.0. The molecular formula is C15H15ClF3NO3. The van der Waals surface area contributed by atoms with Crippen molar-refractivity contribution in [1.82, 2.24) is 4.90 Å². The van der Waals surface area contributed by atoms with Crippen LogP contribution in [0, 0.1) is 0 Å². The summed E-state index contributed by atoms with van der Waals surface area (Å²) in [6, 6.07) is 2.88. The number of alkyl halides is 3. The quantitative estimate of drug-likeness (QED) is 0.887. The summed E-state index contributed by atoms with van der Waals surface area (Å²) in [5, 5.41) is 8.94. The number of likely N-dealkylation sites (N-methyl/N-ethyl adjacent to an activating group) is 1. The lowest BCUT2D eigenvalue weighted by Crippen LogP contribution is -2.42. The summed E-state index contributed by atoms with van der Waals surface area (Å²) in [5.41, 5.74) is -1.91. The molecule has 4 nitrogen and oxygen atoms in total. The first-order chi connectivity index (χ1) is 10.6. The van der Waals surface area contributed by atoms with Gasteiger partial charge in [-0.15, -0.1) is 0 Å². The van der Waals surface area contributed by atoms with Crippen LogP contribution in [-0.4, -0.2) is 35.0 Å². The van der Waals surface area contributed by atoms with Crippen LogP contribution in [0.3, 0.4) is 0 Å². The summed E-state index contributed by atoms with van der Waals surface area (Å²) in [6.07, 6.45) is -3.84. The molecule has 2 rings (SSSR count). The highest BCUT2D eigenvalue weighted by atomic mass is 35.5. The second kappa shape index (κ2) is 6.03. The van der Waals surface area contributed by atoms with Crippen LogP contribution >= 0.6 is 11.6 Å². The van der Waals surface area contributed by atoms with Crippen LogP contribution in [0.2, 0.25) is 5.02 Å². The molecular weight excluding hydrogens is 335 g/mol. The Hall–Kier alpha value is -1.76. The summed E-state index contributed by atoms with van der Waals surface area (Å²) < 4.78 is 38.7. The zero-order chi connectivity index (χ0) is 17.4. The van der Waals surface area contributed by atoms with Crippen molar-refractivity contribution in [2.75, 3.05) is 13.1 Å². The van der Waals surface area contributed by atoms with E-state index < -0.39 is 35.6 Å². The number of rotatable bonds is 5. The van der Waals surface area contributed by atoms with E-state index in [4.69, 9.17) is 16.7 Å². The summed E-state index contributed by atoms with van der Waals surface area (Å²) in [6.45, 7) is 1.28. The van der Waals surface area contributed by atoms with Crippen LogP contribution in [0.25, 0.3) is 0 Å². The molecule has 1 aromatic carbocycles. The van der Waals surface area contributed by atoms with Crippen molar-refractivity contribution in [3.63, 3.8) is 0 Å². The number of carboxylic acids is 1. The van der Waals surface area contributed by atoms with Crippen LogP contribution in [0.4, 0.5) is 13.2 Å². The highest BCUT2D eigenvalue weighted by Crippen LogP contribution is 2.52. The predicted octanol–water partition coefficient (Wildman–Crippen LogP) is 3.32. The predicted molar refractivity (Wildman–Crippen MR) is 77.3 cm³/mol. The number of nitrogens with zero attached hydrogens (tertiary/aromatic N) is 1. The summed E-state index contributed by atoms with van der Waals surface area (Å²) in [4.78, 5) is 24.6. The Morgan fingerprint density at radius 1 is 1.35 bits per heavy atom. The van der Waals surface area contributed by atoms with Gasteiger partial charge >= 0.3 is 12.1 Å². The molecule has 0 bridgehead atoms. The maximum Gasteiger partial charge on any atom is 0.416 e. The third kappa shape index (κ3) is 3.44. The molecule has 1 aliphatic carbocycles. The molecule has 1 saturated carbocycles. The molecule has 1 aliphatic rings. The molecule has 0 aromatic heterocycles. The third-order valence-corrected chi connectivity index (χ3v) is 4.29. The van der Waals surface area contributed by atoms with Crippen molar-refractivity contribution < 1.29 is 27.9 Å². The Labute approximate surface area is 135 Å². The lowest BCUT2D eigenvalue weighted by molar-refractivity contribution is -0.145. The van der Waals surface area contributed by atoms with Crippen LogP contribution in [0.15, 0.2) is 18.2 Å². The average Bonchev–Trinajstić information content (AvgIpc) is 3.24. The number of hydrogen-bond donors (Lipinski definition) is 1. The Kier molecular flexibility index (Phi) is 4.61. The monoisotopic (exact) mass is 349 g/mol. The smallest absolute Gasteiger partial charge is 0.416 e. The minimum atomic E-state index is -4.54. The van der Waals surface area contributed by atoms with Crippen LogP contribution < -0.4 is 0 Å². The van der Waals surface area contributed by atoms with Crippen molar-refractivity contribution in [1.29, 1.82) is 0 Å². The van der Waals surface area contributed by atoms with Crippen molar-refractivity contribution in [2.24, 2.45) is 0 Å². The van der Waals surface area contributed by atoms with Gasteiger partial charge in [-0.25, -0.2) is 0 Å². The molecule has 8 heteroatoms. The normalized spacial score (nSPS) is 16.0. The molecule has 1 aromatic rings. The summed E-state index contributed by atoms with van der Waals surface area (Å²) >= 11 is 6.01. The van der Waals surface area contributed by atoms with E-state index in [9.17, 15) is 22.8 Å². The van der Waals surface area contributed by atoms with Crippen LogP contribution in [-0.2, 0) is 21.2 Å². The van der Waals surface area contributed by atoms with Gasteiger partial charge in [-0.2, -0.15) is 13.2 Å². The van der Waals surface area contributed by atoms with Gasteiger partial charge in [0.2, 0.25) is 5.91 Å². The van der Waals surface area contributed by atoms with Crippen LogP contribution in [0.1, 0.15) is 30.9 Å². The van der Waals surface area contributed by atoms with E-state index in [1.54, 1.807) is 6.92 Å². The molecule has 1 fully saturated rings. The number of halogens is 4. The van der Waals surface area contributed by atoms with Gasteiger partial charge in [0, 0.05) is 11.6 Å². The fraction of sp³-hybridized carbons (Fsp3) is 0.467. The molecule has 0 aliphatic heterocycles. The van der Waals surface area contributed by atoms with E-state index in [0.717, 1.165) is 23.1 Å². The first-order valence-corrected chi connectivity index (χ1v) is 7.38. The van der Waals surface area contributed by atoms with E-state index >= 15 is 0 Å². The number of carbonyl (C=O) groups excluding carboxylic acids is 1. The number of amides is 1. The van der Waals surface area contributed by atoms with E-state index in [2.05, 4.69) is 0 Å². The van der Waals surface area contributed by atoms with Gasteiger partial charge in [-0.1, -0.05) is 11.6 Å². The second-order valence-corrected chi connectivity index (χ2v) is 5.89.